The van der Waals surface area contributed by atoms with Gasteiger partial charge in [0.1, 0.15) is 6.04 Å². The molecule has 3 N–H and O–H groups in total. The molecule has 2 atom stereocenters. The van der Waals surface area contributed by atoms with Gasteiger partial charge in [0, 0.05) is 6.54 Å². The number of benzene rings is 2. The Morgan fingerprint density at radius 1 is 1.13 bits per heavy atom. The van der Waals surface area contributed by atoms with Crippen LogP contribution in [0.15, 0.2) is 60.7 Å². The van der Waals surface area contributed by atoms with Crippen molar-refractivity contribution in [3.05, 3.63) is 78.2 Å². The molecule has 2 aromatic rings. The van der Waals surface area contributed by atoms with Crippen LogP contribution in [0, 0.1) is 6.42 Å². The smallest absolute Gasteiger partial charge is 0.239 e. The predicted octanol–water partition coefficient (Wildman–Crippen LogP) is 1.95. The molecule has 23 heavy (non-hydrogen) atoms. The van der Waals surface area contributed by atoms with E-state index in [1.165, 1.54) is 0 Å². The van der Waals surface area contributed by atoms with E-state index < -0.39 is 18.1 Å². The number of rotatable bonds is 8. The molecule has 0 aliphatic carbocycles. The minimum atomic E-state index is -0.634. The van der Waals surface area contributed by atoms with Crippen molar-refractivity contribution >= 4 is 5.91 Å². The number of hydrogen-bond donors (Lipinski definition) is 2. The molecular weight excluding hydrogens is 288 g/mol. The Kier molecular flexibility index (Phi) is 6.32. The zero-order valence-corrected chi connectivity index (χ0v) is 13.3. The van der Waals surface area contributed by atoms with Gasteiger partial charge in [0.25, 0.3) is 0 Å². The molecule has 1 radical (unpaired) electrons. The van der Waals surface area contributed by atoms with E-state index in [9.17, 15) is 9.90 Å². The summed E-state index contributed by atoms with van der Waals surface area (Å²) in [7, 11) is 1.79. The van der Waals surface area contributed by atoms with Gasteiger partial charge < -0.3 is 10.8 Å². The van der Waals surface area contributed by atoms with Crippen LogP contribution < -0.4 is 5.73 Å². The first-order chi connectivity index (χ1) is 11.1. The topological polar surface area (TPSA) is 66.6 Å². The van der Waals surface area contributed by atoms with E-state index in [0.717, 1.165) is 11.1 Å². The molecule has 2 rings (SSSR count). The Morgan fingerprint density at radius 2 is 1.70 bits per heavy atom. The molecule has 0 heterocycles. The van der Waals surface area contributed by atoms with E-state index in [0.29, 0.717) is 13.0 Å². The maximum atomic E-state index is 11.8. The van der Waals surface area contributed by atoms with Gasteiger partial charge in [-0.25, -0.2) is 0 Å². The number of nitrogens with zero attached hydrogens (tertiary/aromatic N) is 1. The SMILES string of the molecule is CN(C[C@H](O)[CH]Cc1ccccc1)[C@H](C(N)=O)c1ccccc1. The maximum Gasteiger partial charge on any atom is 0.239 e. The summed E-state index contributed by atoms with van der Waals surface area (Å²) in [6.07, 6.45) is 1.89. The van der Waals surface area contributed by atoms with Crippen molar-refractivity contribution in [1.82, 2.24) is 4.90 Å². The molecule has 1 amide bonds. The number of hydrogen-bond acceptors (Lipinski definition) is 3. The van der Waals surface area contributed by atoms with Crippen LogP contribution in [0.4, 0.5) is 0 Å². The first-order valence-electron chi connectivity index (χ1n) is 7.67. The Morgan fingerprint density at radius 3 is 2.26 bits per heavy atom. The summed E-state index contributed by atoms with van der Waals surface area (Å²) in [6.45, 7) is 0.343. The first-order valence-corrected chi connectivity index (χ1v) is 7.67. The minimum absolute atomic E-state index is 0.343. The van der Waals surface area contributed by atoms with Crippen LogP contribution >= 0.6 is 0 Å². The minimum Gasteiger partial charge on any atom is -0.391 e. The summed E-state index contributed by atoms with van der Waals surface area (Å²) in [4.78, 5) is 13.6. The fourth-order valence-electron chi connectivity index (χ4n) is 2.63. The van der Waals surface area contributed by atoms with Crippen LogP contribution in [0.1, 0.15) is 17.2 Å². The summed E-state index contributed by atoms with van der Waals surface area (Å²) in [5, 5.41) is 10.2. The zero-order chi connectivity index (χ0) is 16.7. The van der Waals surface area contributed by atoms with Crippen molar-refractivity contribution in [3.63, 3.8) is 0 Å². The standard InChI is InChI=1S/C19H23N2O2/c1-21(18(19(20)23)16-10-6-3-7-11-16)14-17(22)13-12-15-8-4-2-5-9-15/h2-11,13,17-18,22H,12,14H2,1H3,(H2,20,23)/t17-,18+/m1/s1. The van der Waals surface area contributed by atoms with Gasteiger partial charge in [0.2, 0.25) is 5.91 Å². The quantitative estimate of drug-likeness (QED) is 0.783. The lowest BCUT2D eigenvalue weighted by molar-refractivity contribution is -0.123. The lowest BCUT2D eigenvalue weighted by Gasteiger charge is -2.27. The van der Waals surface area contributed by atoms with Crippen molar-refractivity contribution in [3.8, 4) is 0 Å². The average Bonchev–Trinajstić information content (AvgIpc) is 2.54. The van der Waals surface area contributed by atoms with Gasteiger partial charge in [0.15, 0.2) is 0 Å². The summed E-state index contributed by atoms with van der Waals surface area (Å²) < 4.78 is 0. The molecule has 4 nitrogen and oxygen atoms in total. The van der Waals surface area contributed by atoms with Crippen LogP contribution in [-0.2, 0) is 11.2 Å². The fraction of sp³-hybridized carbons (Fsp3) is 0.263. The Labute approximate surface area is 137 Å². The summed E-state index contributed by atoms with van der Waals surface area (Å²) >= 11 is 0. The lowest BCUT2D eigenvalue weighted by atomic mass is 10.0. The largest absolute Gasteiger partial charge is 0.391 e. The molecular formula is C19H23N2O2. The van der Waals surface area contributed by atoms with Crippen LogP contribution in [0.2, 0.25) is 0 Å². The molecule has 4 heteroatoms. The number of carbonyl (C=O) groups is 1. The second-order valence-corrected chi connectivity index (χ2v) is 5.65. The Bertz CT molecular complexity index is 601. The molecule has 0 saturated heterocycles. The number of nitrogens with two attached hydrogens (primary N) is 1. The highest BCUT2D eigenvalue weighted by molar-refractivity contribution is 5.81. The van der Waals surface area contributed by atoms with E-state index in [4.69, 9.17) is 5.73 Å². The molecule has 121 valence electrons. The average molecular weight is 311 g/mol. The third-order valence-corrected chi connectivity index (χ3v) is 3.77. The van der Waals surface area contributed by atoms with E-state index in [1.807, 2.05) is 67.1 Å². The number of primary amides is 1. The summed E-state index contributed by atoms with van der Waals surface area (Å²) in [5.74, 6) is -0.422. The van der Waals surface area contributed by atoms with Crippen molar-refractivity contribution in [1.29, 1.82) is 0 Å². The molecule has 0 unspecified atom stereocenters. The van der Waals surface area contributed by atoms with Crippen molar-refractivity contribution in [2.75, 3.05) is 13.6 Å². The Balaban J connectivity index is 1.93. The van der Waals surface area contributed by atoms with Crippen LogP contribution in [0.5, 0.6) is 0 Å². The zero-order valence-electron chi connectivity index (χ0n) is 13.3. The number of amides is 1. The monoisotopic (exact) mass is 311 g/mol. The predicted molar refractivity (Wildman–Crippen MR) is 91.5 cm³/mol. The van der Waals surface area contributed by atoms with E-state index in [2.05, 4.69) is 0 Å². The van der Waals surface area contributed by atoms with E-state index >= 15 is 0 Å². The number of carbonyl (C=O) groups excluding carboxylic acids is 1. The highest BCUT2D eigenvalue weighted by atomic mass is 16.3. The van der Waals surface area contributed by atoms with Crippen molar-refractivity contribution in [2.24, 2.45) is 5.73 Å². The van der Waals surface area contributed by atoms with Gasteiger partial charge in [-0.1, -0.05) is 60.7 Å². The van der Waals surface area contributed by atoms with Gasteiger partial charge in [0.05, 0.1) is 6.10 Å². The summed E-state index contributed by atoms with van der Waals surface area (Å²) in [6, 6.07) is 18.8. The van der Waals surface area contributed by atoms with Gasteiger partial charge in [-0.05, 0) is 31.0 Å². The van der Waals surface area contributed by atoms with Crippen LogP contribution in [0.3, 0.4) is 0 Å². The van der Waals surface area contributed by atoms with Gasteiger partial charge >= 0.3 is 0 Å². The number of likely N-dealkylation sites (N-methyl/N-ethyl adjacent to an activating group) is 1. The molecule has 0 aliphatic heterocycles. The fourth-order valence-corrected chi connectivity index (χ4v) is 2.63. The number of aliphatic hydroxyl groups is 1. The first kappa shape index (κ1) is 17.2. The second-order valence-electron chi connectivity index (χ2n) is 5.65. The molecule has 0 saturated carbocycles. The van der Waals surface area contributed by atoms with E-state index in [-0.39, 0.29) is 0 Å². The maximum absolute atomic E-state index is 11.8. The third-order valence-electron chi connectivity index (χ3n) is 3.77. The molecule has 0 fully saturated rings. The van der Waals surface area contributed by atoms with E-state index in [1.54, 1.807) is 11.9 Å². The molecule has 0 aliphatic rings. The van der Waals surface area contributed by atoms with Crippen LogP contribution in [-0.4, -0.2) is 35.6 Å². The van der Waals surface area contributed by atoms with Gasteiger partial charge in [-0.2, -0.15) is 0 Å². The lowest BCUT2D eigenvalue weighted by Crippen LogP contribution is -2.39. The summed E-state index contributed by atoms with van der Waals surface area (Å²) in [5.41, 5.74) is 7.51. The van der Waals surface area contributed by atoms with Crippen LogP contribution in [0.25, 0.3) is 0 Å². The van der Waals surface area contributed by atoms with Gasteiger partial charge in [-0.15, -0.1) is 0 Å². The van der Waals surface area contributed by atoms with Crippen molar-refractivity contribution < 1.29 is 9.90 Å². The highest BCUT2D eigenvalue weighted by Gasteiger charge is 2.24. The normalized spacial score (nSPS) is 13.7. The number of aliphatic hydroxyl groups excluding tert-OH is 1. The van der Waals surface area contributed by atoms with Crippen molar-refractivity contribution in [2.45, 2.75) is 18.6 Å². The molecule has 0 aromatic heterocycles. The molecule has 0 bridgehead atoms. The third kappa shape index (κ3) is 5.20. The molecule has 0 spiro atoms. The second kappa shape index (κ2) is 8.46. The molecule has 2 aromatic carbocycles. The van der Waals surface area contributed by atoms with Gasteiger partial charge in [-0.3, -0.25) is 9.69 Å². The highest BCUT2D eigenvalue weighted by Crippen LogP contribution is 2.19. The Hall–Kier alpha value is -2.17.